The Labute approximate surface area is 93.3 Å². The number of aromatic nitrogens is 2. The molecular formula is C12H14N2O2. The smallest absolute Gasteiger partial charge is 0.307 e. The molecule has 0 aliphatic heterocycles. The number of fused-ring (bicyclic) bond motifs is 1. The van der Waals surface area contributed by atoms with Crippen LogP contribution in [0.1, 0.15) is 31.0 Å². The van der Waals surface area contributed by atoms with Gasteiger partial charge >= 0.3 is 5.97 Å². The summed E-state index contributed by atoms with van der Waals surface area (Å²) in [6.45, 7) is 4.16. The minimum Gasteiger partial charge on any atom is -0.481 e. The van der Waals surface area contributed by atoms with Crippen molar-refractivity contribution in [3.63, 3.8) is 0 Å². The molecule has 4 heteroatoms. The predicted octanol–water partition coefficient (Wildman–Crippen LogP) is 2.31. The van der Waals surface area contributed by atoms with Gasteiger partial charge in [-0.2, -0.15) is 5.10 Å². The van der Waals surface area contributed by atoms with Crippen LogP contribution in [0.5, 0.6) is 0 Å². The summed E-state index contributed by atoms with van der Waals surface area (Å²) in [5.41, 5.74) is 2.75. The molecule has 0 radical (unpaired) electrons. The Balaban J connectivity index is 2.50. The van der Waals surface area contributed by atoms with Crippen LogP contribution in [-0.4, -0.2) is 21.3 Å². The third-order valence-electron chi connectivity index (χ3n) is 2.58. The molecule has 0 unspecified atom stereocenters. The van der Waals surface area contributed by atoms with E-state index in [2.05, 4.69) is 24.0 Å². The van der Waals surface area contributed by atoms with Gasteiger partial charge in [-0.1, -0.05) is 19.9 Å². The molecule has 0 aliphatic carbocycles. The topological polar surface area (TPSA) is 66.0 Å². The van der Waals surface area contributed by atoms with Crippen molar-refractivity contribution in [1.82, 2.24) is 10.2 Å². The average Bonchev–Trinajstić information content (AvgIpc) is 2.59. The van der Waals surface area contributed by atoms with Crippen LogP contribution in [0.4, 0.5) is 0 Å². The van der Waals surface area contributed by atoms with Gasteiger partial charge in [0.15, 0.2) is 0 Å². The van der Waals surface area contributed by atoms with Gasteiger partial charge < -0.3 is 5.11 Å². The van der Waals surface area contributed by atoms with Crippen LogP contribution in [0.25, 0.3) is 10.9 Å². The lowest BCUT2D eigenvalue weighted by Gasteiger charge is -2.02. The zero-order valence-corrected chi connectivity index (χ0v) is 9.32. The second-order valence-electron chi connectivity index (χ2n) is 4.21. The second-order valence-corrected chi connectivity index (χ2v) is 4.21. The number of aliphatic carboxylic acids is 1. The SMILES string of the molecule is CC(C)c1[nH]nc2ccc(CC(=O)O)cc12. The molecule has 0 amide bonds. The maximum atomic E-state index is 10.6. The van der Waals surface area contributed by atoms with Crippen molar-refractivity contribution < 1.29 is 9.90 Å². The normalized spacial score (nSPS) is 11.2. The molecule has 16 heavy (non-hydrogen) atoms. The van der Waals surface area contributed by atoms with Crippen molar-refractivity contribution in [2.75, 3.05) is 0 Å². The van der Waals surface area contributed by atoms with Crippen LogP contribution >= 0.6 is 0 Å². The lowest BCUT2D eigenvalue weighted by atomic mass is 10.0. The molecule has 0 spiro atoms. The van der Waals surface area contributed by atoms with Crippen molar-refractivity contribution in [2.24, 2.45) is 0 Å². The first-order valence-corrected chi connectivity index (χ1v) is 5.26. The largest absolute Gasteiger partial charge is 0.481 e. The van der Waals surface area contributed by atoms with E-state index in [4.69, 9.17) is 5.11 Å². The van der Waals surface area contributed by atoms with Gasteiger partial charge in [0.1, 0.15) is 0 Å². The molecule has 0 fully saturated rings. The van der Waals surface area contributed by atoms with Gasteiger partial charge in [-0.15, -0.1) is 0 Å². The molecule has 0 atom stereocenters. The van der Waals surface area contributed by atoms with Crippen LogP contribution in [0.15, 0.2) is 18.2 Å². The van der Waals surface area contributed by atoms with Gasteiger partial charge in [-0.25, -0.2) is 0 Å². The highest BCUT2D eigenvalue weighted by Gasteiger charge is 2.10. The van der Waals surface area contributed by atoms with Crippen LogP contribution in [0, 0.1) is 0 Å². The van der Waals surface area contributed by atoms with Crippen molar-refractivity contribution in [3.8, 4) is 0 Å². The summed E-state index contributed by atoms with van der Waals surface area (Å²) in [5.74, 6) is -0.459. The number of aromatic amines is 1. The molecule has 1 aromatic carbocycles. The number of carbonyl (C=O) groups is 1. The number of carboxylic acids is 1. The van der Waals surface area contributed by atoms with Gasteiger partial charge in [-0.3, -0.25) is 9.89 Å². The number of benzene rings is 1. The monoisotopic (exact) mass is 218 g/mol. The number of rotatable bonds is 3. The number of carboxylic acid groups (broad SMARTS) is 1. The van der Waals surface area contributed by atoms with Gasteiger partial charge in [0, 0.05) is 11.1 Å². The quantitative estimate of drug-likeness (QED) is 0.830. The lowest BCUT2D eigenvalue weighted by molar-refractivity contribution is -0.136. The third-order valence-corrected chi connectivity index (χ3v) is 2.58. The summed E-state index contributed by atoms with van der Waals surface area (Å²) < 4.78 is 0. The fourth-order valence-corrected chi connectivity index (χ4v) is 1.80. The Morgan fingerprint density at radius 1 is 1.50 bits per heavy atom. The standard InChI is InChI=1S/C12H14N2O2/c1-7(2)12-9-5-8(6-11(15)16)3-4-10(9)13-14-12/h3-5,7H,6H2,1-2H3,(H,13,14)(H,15,16). The molecule has 0 aliphatic rings. The van der Waals surface area contributed by atoms with E-state index < -0.39 is 5.97 Å². The minimum absolute atomic E-state index is 0.0542. The molecule has 0 saturated carbocycles. The lowest BCUT2D eigenvalue weighted by Crippen LogP contribution is -1.99. The van der Waals surface area contributed by atoms with E-state index in [1.165, 1.54) is 0 Å². The van der Waals surface area contributed by atoms with E-state index in [9.17, 15) is 4.79 Å². The van der Waals surface area contributed by atoms with E-state index in [1.807, 2.05) is 12.1 Å². The molecule has 0 saturated heterocycles. The maximum Gasteiger partial charge on any atom is 0.307 e. The first-order chi connectivity index (χ1) is 7.58. The number of nitrogens with zero attached hydrogens (tertiary/aromatic N) is 1. The minimum atomic E-state index is -0.811. The van der Waals surface area contributed by atoms with E-state index in [0.29, 0.717) is 5.92 Å². The number of nitrogens with one attached hydrogen (secondary N) is 1. The van der Waals surface area contributed by atoms with Gasteiger partial charge in [0.2, 0.25) is 0 Å². The van der Waals surface area contributed by atoms with Gasteiger partial charge in [0.05, 0.1) is 11.9 Å². The zero-order valence-electron chi connectivity index (χ0n) is 9.32. The van der Waals surface area contributed by atoms with Crippen molar-refractivity contribution in [1.29, 1.82) is 0 Å². The summed E-state index contributed by atoms with van der Waals surface area (Å²) in [6, 6.07) is 5.57. The van der Waals surface area contributed by atoms with Gasteiger partial charge in [-0.05, 0) is 23.6 Å². The van der Waals surface area contributed by atoms with Crippen molar-refractivity contribution >= 4 is 16.9 Å². The summed E-state index contributed by atoms with van der Waals surface area (Å²) in [6.07, 6.45) is 0.0542. The van der Waals surface area contributed by atoms with Crippen molar-refractivity contribution in [3.05, 3.63) is 29.5 Å². The second kappa shape index (κ2) is 3.96. The molecule has 4 nitrogen and oxygen atoms in total. The van der Waals surface area contributed by atoms with E-state index in [1.54, 1.807) is 6.07 Å². The Morgan fingerprint density at radius 2 is 2.25 bits per heavy atom. The highest BCUT2D eigenvalue weighted by atomic mass is 16.4. The van der Waals surface area contributed by atoms with Crippen LogP contribution in [-0.2, 0) is 11.2 Å². The maximum absolute atomic E-state index is 10.6. The molecule has 1 aromatic heterocycles. The van der Waals surface area contributed by atoms with E-state index in [0.717, 1.165) is 22.2 Å². The summed E-state index contributed by atoms with van der Waals surface area (Å²) in [5, 5.41) is 17.0. The molecule has 84 valence electrons. The van der Waals surface area contributed by atoms with Crippen LogP contribution in [0.2, 0.25) is 0 Å². The summed E-state index contributed by atoms with van der Waals surface area (Å²) >= 11 is 0. The highest BCUT2D eigenvalue weighted by molar-refractivity contribution is 5.83. The Kier molecular flexibility index (Phi) is 2.64. The Bertz CT molecular complexity index is 529. The van der Waals surface area contributed by atoms with E-state index in [-0.39, 0.29) is 6.42 Å². The van der Waals surface area contributed by atoms with E-state index >= 15 is 0 Å². The molecule has 2 rings (SSSR count). The number of hydrogen-bond acceptors (Lipinski definition) is 2. The fourth-order valence-electron chi connectivity index (χ4n) is 1.80. The Morgan fingerprint density at radius 3 is 2.88 bits per heavy atom. The first kappa shape index (κ1) is 10.7. The van der Waals surface area contributed by atoms with Gasteiger partial charge in [0.25, 0.3) is 0 Å². The molecule has 1 heterocycles. The summed E-state index contributed by atoms with van der Waals surface area (Å²) in [4.78, 5) is 10.6. The van der Waals surface area contributed by atoms with Crippen molar-refractivity contribution in [2.45, 2.75) is 26.2 Å². The zero-order chi connectivity index (χ0) is 11.7. The van der Waals surface area contributed by atoms with Crippen LogP contribution < -0.4 is 0 Å². The Hall–Kier alpha value is -1.84. The predicted molar refractivity (Wildman–Crippen MR) is 61.5 cm³/mol. The molecule has 2 N–H and O–H groups in total. The number of H-pyrrole nitrogens is 1. The summed E-state index contributed by atoms with van der Waals surface area (Å²) in [7, 11) is 0. The average molecular weight is 218 g/mol. The molecule has 2 aromatic rings. The first-order valence-electron chi connectivity index (χ1n) is 5.26. The highest BCUT2D eigenvalue weighted by Crippen LogP contribution is 2.23. The fraction of sp³-hybridized carbons (Fsp3) is 0.333. The van der Waals surface area contributed by atoms with Crippen LogP contribution in [0.3, 0.4) is 0 Å². The molecular weight excluding hydrogens is 204 g/mol. The molecule has 0 bridgehead atoms. The third kappa shape index (κ3) is 1.91. The number of hydrogen-bond donors (Lipinski definition) is 2.